The van der Waals surface area contributed by atoms with Gasteiger partial charge in [-0.15, -0.1) is 0 Å². The number of nitrogens with zero attached hydrogens (tertiary/aromatic N) is 5. The van der Waals surface area contributed by atoms with E-state index in [2.05, 4.69) is 53.8 Å². The van der Waals surface area contributed by atoms with Crippen LogP contribution < -0.4 is 4.90 Å². The predicted molar refractivity (Wildman–Crippen MR) is 117 cm³/mol. The molecule has 2 heterocycles. The molecule has 2 aromatic rings. The topological polar surface area (TPSA) is 69.6 Å². The first-order chi connectivity index (χ1) is 14.5. The summed E-state index contributed by atoms with van der Waals surface area (Å²) in [5.74, 6) is 0.229. The molecule has 1 fully saturated rings. The number of benzene rings is 1. The Kier molecular flexibility index (Phi) is 7.38. The van der Waals surface area contributed by atoms with Crippen LogP contribution in [0.4, 0.5) is 5.69 Å². The summed E-state index contributed by atoms with van der Waals surface area (Å²) in [5, 5.41) is 0. The second kappa shape index (κ2) is 10.2. The lowest BCUT2D eigenvalue weighted by molar-refractivity contribution is -0.131. The maximum atomic E-state index is 12.8. The molecular formula is C23H31N5O2. The van der Waals surface area contributed by atoms with Crippen molar-refractivity contribution < 1.29 is 9.59 Å². The van der Waals surface area contributed by atoms with Gasteiger partial charge in [0.25, 0.3) is 5.91 Å². The molecule has 0 spiro atoms. The Bertz CT molecular complexity index is 848. The summed E-state index contributed by atoms with van der Waals surface area (Å²) >= 11 is 0. The molecule has 3 rings (SSSR count). The summed E-state index contributed by atoms with van der Waals surface area (Å²) in [6.07, 6.45) is 4.86. The molecule has 0 unspecified atom stereocenters. The van der Waals surface area contributed by atoms with Crippen molar-refractivity contribution in [2.24, 2.45) is 5.92 Å². The third-order valence-electron chi connectivity index (χ3n) is 5.34. The van der Waals surface area contributed by atoms with Crippen molar-refractivity contribution >= 4 is 17.5 Å². The van der Waals surface area contributed by atoms with Gasteiger partial charge in [-0.05, 0) is 24.5 Å². The minimum atomic E-state index is -0.172. The van der Waals surface area contributed by atoms with Crippen LogP contribution in [0.25, 0.3) is 0 Å². The zero-order valence-electron chi connectivity index (χ0n) is 18.1. The SMILES string of the molecule is Cc1ccccc1N1CCN(C(=O)CCN(CC(C)C)C(=O)c2cnccn2)CC1. The monoisotopic (exact) mass is 409 g/mol. The number of carbonyl (C=O) groups excluding carboxylic acids is 2. The van der Waals surface area contributed by atoms with Crippen molar-refractivity contribution in [3.63, 3.8) is 0 Å². The van der Waals surface area contributed by atoms with Gasteiger partial charge in [-0.3, -0.25) is 14.6 Å². The lowest BCUT2D eigenvalue weighted by Crippen LogP contribution is -2.49. The van der Waals surface area contributed by atoms with Gasteiger partial charge in [0.15, 0.2) is 0 Å². The Morgan fingerprint density at radius 3 is 2.47 bits per heavy atom. The van der Waals surface area contributed by atoms with E-state index in [-0.39, 0.29) is 11.8 Å². The minimum absolute atomic E-state index is 0.0973. The van der Waals surface area contributed by atoms with Crippen molar-refractivity contribution in [2.45, 2.75) is 27.2 Å². The summed E-state index contributed by atoms with van der Waals surface area (Å²) in [7, 11) is 0. The Labute approximate surface area is 178 Å². The molecule has 0 aliphatic carbocycles. The molecule has 0 bridgehead atoms. The smallest absolute Gasteiger partial charge is 0.274 e. The van der Waals surface area contributed by atoms with E-state index in [1.54, 1.807) is 11.1 Å². The van der Waals surface area contributed by atoms with Gasteiger partial charge in [0.1, 0.15) is 5.69 Å². The maximum Gasteiger partial charge on any atom is 0.274 e. The van der Waals surface area contributed by atoms with Crippen LogP contribution in [0.1, 0.15) is 36.3 Å². The zero-order valence-corrected chi connectivity index (χ0v) is 18.1. The first-order valence-electron chi connectivity index (χ1n) is 10.6. The Morgan fingerprint density at radius 1 is 1.10 bits per heavy atom. The summed E-state index contributed by atoms with van der Waals surface area (Å²) in [5.41, 5.74) is 2.81. The molecule has 1 aromatic heterocycles. The fourth-order valence-electron chi connectivity index (χ4n) is 3.79. The van der Waals surface area contributed by atoms with Crippen LogP contribution in [-0.2, 0) is 4.79 Å². The first kappa shape index (κ1) is 21.7. The van der Waals surface area contributed by atoms with E-state index in [1.165, 1.54) is 23.6 Å². The largest absolute Gasteiger partial charge is 0.368 e. The summed E-state index contributed by atoms with van der Waals surface area (Å²) < 4.78 is 0. The molecule has 1 aliphatic heterocycles. The van der Waals surface area contributed by atoms with E-state index in [0.717, 1.165) is 13.1 Å². The molecule has 30 heavy (non-hydrogen) atoms. The molecule has 0 N–H and O–H groups in total. The fraction of sp³-hybridized carbons (Fsp3) is 0.478. The van der Waals surface area contributed by atoms with Crippen LogP contribution >= 0.6 is 0 Å². The highest BCUT2D eigenvalue weighted by atomic mass is 16.2. The number of hydrogen-bond donors (Lipinski definition) is 0. The van der Waals surface area contributed by atoms with Crippen LogP contribution in [0.3, 0.4) is 0 Å². The molecule has 1 aliphatic rings. The van der Waals surface area contributed by atoms with Crippen LogP contribution in [-0.4, -0.2) is 70.9 Å². The number of carbonyl (C=O) groups is 2. The molecule has 7 heteroatoms. The second-order valence-corrected chi connectivity index (χ2v) is 8.14. The number of anilines is 1. The summed E-state index contributed by atoms with van der Waals surface area (Å²) in [6.45, 7) is 10.3. The van der Waals surface area contributed by atoms with Crippen molar-refractivity contribution in [1.29, 1.82) is 0 Å². The molecule has 0 radical (unpaired) electrons. The standard InChI is InChI=1S/C23H31N5O2/c1-18(2)17-28(23(30)20-16-24-9-10-25-20)11-8-22(29)27-14-12-26(13-15-27)21-7-5-4-6-19(21)3/h4-7,9-10,16,18H,8,11-15,17H2,1-3H3. The van der Waals surface area contributed by atoms with Gasteiger partial charge < -0.3 is 14.7 Å². The average molecular weight is 410 g/mol. The lowest BCUT2D eigenvalue weighted by atomic mass is 10.1. The highest BCUT2D eigenvalue weighted by Crippen LogP contribution is 2.21. The molecule has 7 nitrogen and oxygen atoms in total. The number of rotatable bonds is 7. The minimum Gasteiger partial charge on any atom is -0.368 e. The van der Waals surface area contributed by atoms with Crippen LogP contribution in [0.2, 0.25) is 0 Å². The first-order valence-corrected chi connectivity index (χ1v) is 10.6. The summed E-state index contributed by atoms with van der Waals surface area (Å²) in [6, 6.07) is 8.35. The highest BCUT2D eigenvalue weighted by molar-refractivity contribution is 5.92. The lowest BCUT2D eigenvalue weighted by Gasteiger charge is -2.37. The van der Waals surface area contributed by atoms with Crippen molar-refractivity contribution in [1.82, 2.24) is 19.8 Å². The number of amides is 2. The number of hydrogen-bond acceptors (Lipinski definition) is 5. The molecule has 0 saturated carbocycles. The fourth-order valence-corrected chi connectivity index (χ4v) is 3.79. The van der Waals surface area contributed by atoms with Crippen molar-refractivity contribution in [2.75, 3.05) is 44.2 Å². The van der Waals surface area contributed by atoms with Crippen LogP contribution in [0, 0.1) is 12.8 Å². The quantitative estimate of drug-likeness (QED) is 0.703. The van der Waals surface area contributed by atoms with Gasteiger partial charge in [-0.2, -0.15) is 0 Å². The third-order valence-corrected chi connectivity index (χ3v) is 5.34. The van der Waals surface area contributed by atoms with Gasteiger partial charge in [-0.25, -0.2) is 4.98 Å². The molecule has 160 valence electrons. The van der Waals surface area contributed by atoms with E-state index < -0.39 is 0 Å². The molecular weight excluding hydrogens is 378 g/mol. The van der Waals surface area contributed by atoms with E-state index in [1.807, 2.05) is 11.0 Å². The van der Waals surface area contributed by atoms with E-state index in [9.17, 15) is 9.59 Å². The molecule has 1 aromatic carbocycles. The van der Waals surface area contributed by atoms with E-state index >= 15 is 0 Å². The van der Waals surface area contributed by atoms with E-state index in [4.69, 9.17) is 0 Å². The zero-order chi connectivity index (χ0) is 21.5. The number of aromatic nitrogens is 2. The van der Waals surface area contributed by atoms with Crippen LogP contribution in [0.15, 0.2) is 42.9 Å². The third kappa shape index (κ3) is 5.55. The van der Waals surface area contributed by atoms with Gasteiger partial charge in [0.2, 0.25) is 5.91 Å². The van der Waals surface area contributed by atoms with Crippen molar-refractivity contribution in [3.05, 3.63) is 54.1 Å². The van der Waals surface area contributed by atoms with Gasteiger partial charge in [-0.1, -0.05) is 32.0 Å². The van der Waals surface area contributed by atoms with Gasteiger partial charge in [0, 0.05) is 63.8 Å². The van der Waals surface area contributed by atoms with E-state index in [0.29, 0.717) is 44.2 Å². The number of piperazine rings is 1. The Balaban J connectivity index is 1.54. The number of para-hydroxylation sites is 1. The molecule has 2 amide bonds. The molecule has 1 saturated heterocycles. The van der Waals surface area contributed by atoms with Crippen molar-refractivity contribution in [3.8, 4) is 0 Å². The maximum absolute atomic E-state index is 12.8. The molecule has 0 atom stereocenters. The second-order valence-electron chi connectivity index (χ2n) is 8.14. The Hall–Kier alpha value is -2.96. The van der Waals surface area contributed by atoms with Gasteiger partial charge >= 0.3 is 0 Å². The van der Waals surface area contributed by atoms with Crippen LogP contribution in [0.5, 0.6) is 0 Å². The summed E-state index contributed by atoms with van der Waals surface area (Å²) in [4.78, 5) is 39.7. The van der Waals surface area contributed by atoms with Gasteiger partial charge in [0.05, 0.1) is 6.20 Å². The average Bonchev–Trinajstić information content (AvgIpc) is 2.77. The Morgan fingerprint density at radius 2 is 1.83 bits per heavy atom. The predicted octanol–water partition coefficient (Wildman–Crippen LogP) is 2.62. The normalized spacial score (nSPS) is 14.1. The highest BCUT2D eigenvalue weighted by Gasteiger charge is 2.24. The number of aryl methyl sites for hydroxylation is 1.